The molecule has 0 radical (unpaired) electrons. The lowest BCUT2D eigenvalue weighted by atomic mass is 9.91. The van der Waals surface area contributed by atoms with Crippen LogP contribution >= 0.6 is 0 Å². The fourth-order valence-corrected chi connectivity index (χ4v) is 7.85. The summed E-state index contributed by atoms with van der Waals surface area (Å²) in [5.74, 6) is 0.106. The van der Waals surface area contributed by atoms with Gasteiger partial charge in [0.15, 0.2) is 5.58 Å². The second-order valence-corrected chi connectivity index (χ2v) is 15.9. The summed E-state index contributed by atoms with van der Waals surface area (Å²) < 4.78 is 30.9. The molecular formula is C46H50FN3O6. The number of likely N-dealkylation sites (tertiary alicyclic amines) is 1. The van der Waals surface area contributed by atoms with Gasteiger partial charge in [-0.25, -0.2) is 4.39 Å². The van der Waals surface area contributed by atoms with Crippen molar-refractivity contribution in [1.82, 2.24) is 15.0 Å². The van der Waals surface area contributed by atoms with Crippen LogP contribution in [-0.2, 0) is 35.2 Å². The number of piperidine rings is 1. The number of hydrogen-bond acceptors (Lipinski definition) is 8. The molecule has 4 aromatic carbocycles. The van der Waals surface area contributed by atoms with E-state index in [1.54, 1.807) is 30.3 Å². The van der Waals surface area contributed by atoms with E-state index in [1.807, 2.05) is 39.0 Å². The predicted molar refractivity (Wildman–Crippen MR) is 212 cm³/mol. The number of aryl methyl sites for hydroxylation is 3. The lowest BCUT2D eigenvalue weighted by molar-refractivity contribution is -0.154. The second-order valence-electron chi connectivity index (χ2n) is 15.9. The van der Waals surface area contributed by atoms with E-state index in [0.29, 0.717) is 42.1 Å². The van der Waals surface area contributed by atoms with Crippen molar-refractivity contribution in [3.63, 3.8) is 0 Å². The van der Waals surface area contributed by atoms with E-state index in [0.717, 1.165) is 90.8 Å². The van der Waals surface area contributed by atoms with E-state index in [4.69, 9.17) is 14.0 Å². The molecule has 2 aliphatic rings. The molecule has 7 rings (SSSR count). The van der Waals surface area contributed by atoms with Crippen molar-refractivity contribution in [1.29, 1.82) is 0 Å². The zero-order valence-corrected chi connectivity index (χ0v) is 32.5. The summed E-state index contributed by atoms with van der Waals surface area (Å²) in [6.45, 7) is 9.35. The van der Waals surface area contributed by atoms with E-state index in [2.05, 4.69) is 34.3 Å². The maximum absolute atomic E-state index is 13.6. The van der Waals surface area contributed by atoms with Crippen molar-refractivity contribution in [2.45, 2.75) is 83.7 Å². The molecule has 0 spiro atoms. The minimum absolute atomic E-state index is 0.245. The molecule has 9 nitrogen and oxygen atoms in total. The Morgan fingerprint density at radius 3 is 2.20 bits per heavy atom. The van der Waals surface area contributed by atoms with Gasteiger partial charge in [0.1, 0.15) is 17.2 Å². The van der Waals surface area contributed by atoms with Crippen molar-refractivity contribution < 1.29 is 32.8 Å². The van der Waals surface area contributed by atoms with Crippen LogP contribution < -0.4 is 4.74 Å². The highest BCUT2D eigenvalue weighted by Gasteiger charge is 2.34. The summed E-state index contributed by atoms with van der Waals surface area (Å²) in [6, 6.07) is 26.1. The number of aromatic nitrogens is 1. The Morgan fingerprint density at radius 1 is 0.821 bits per heavy atom. The number of hydrogen-bond donors (Lipinski definition) is 0. The Bertz CT molecular complexity index is 2160. The average molecular weight is 760 g/mol. The number of esters is 1. The normalized spacial score (nSPS) is 15.1. The predicted octanol–water partition coefficient (Wildman–Crippen LogP) is 8.51. The first kappa shape index (κ1) is 38.9. The van der Waals surface area contributed by atoms with E-state index >= 15 is 0 Å². The quantitative estimate of drug-likeness (QED) is 0.0595. The Morgan fingerprint density at radius 2 is 1.48 bits per heavy atom. The van der Waals surface area contributed by atoms with Gasteiger partial charge in [-0.1, -0.05) is 53.7 Å². The zero-order valence-electron chi connectivity index (χ0n) is 32.5. The lowest BCUT2D eigenvalue weighted by Crippen LogP contribution is -2.34. The Labute approximate surface area is 327 Å². The van der Waals surface area contributed by atoms with E-state index < -0.39 is 5.60 Å². The molecule has 0 saturated carbocycles. The molecule has 292 valence electrons. The van der Waals surface area contributed by atoms with Gasteiger partial charge in [0.2, 0.25) is 0 Å². The number of carbonyl (C=O) groups is 3. The third kappa shape index (κ3) is 9.53. The van der Waals surface area contributed by atoms with Gasteiger partial charge in [-0.15, -0.1) is 0 Å². The molecule has 10 heteroatoms. The lowest BCUT2D eigenvalue weighted by Gasteiger charge is -2.31. The molecule has 2 amide bonds. The molecule has 0 N–H and O–H groups in total. The monoisotopic (exact) mass is 759 g/mol. The molecule has 1 aromatic heterocycles. The van der Waals surface area contributed by atoms with Gasteiger partial charge in [-0.3, -0.25) is 19.3 Å². The standard InChI is InChI=1S/C46H50FN3O6/c1-46(2,3)55-42(51)18-14-32-27-31(28-33(29-32)19-25-50-44(52)37-10-5-6-11-38(37)45(50)53)13-15-34-9-4-7-12-40(34)54-26-8-22-49-23-20-35(21-24-49)43-39-17-16-36(47)30-41(39)56-48-43/h4-7,9-12,16-17,27-30,35H,8,13-15,18-26H2,1-3H3. The maximum atomic E-state index is 13.6. The molecule has 0 unspecified atom stereocenters. The van der Waals surface area contributed by atoms with Crippen LogP contribution in [0.2, 0.25) is 0 Å². The van der Waals surface area contributed by atoms with Crippen molar-refractivity contribution in [2.75, 3.05) is 32.8 Å². The molecule has 5 aromatic rings. The molecule has 2 aliphatic heterocycles. The van der Waals surface area contributed by atoms with Crippen LogP contribution in [0.25, 0.3) is 11.0 Å². The van der Waals surface area contributed by atoms with E-state index in [-0.39, 0.29) is 36.6 Å². The molecule has 0 bridgehead atoms. The van der Waals surface area contributed by atoms with Crippen LogP contribution in [0.5, 0.6) is 5.75 Å². The van der Waals surface area contributed by atoms with Crippen LogP contribution in [0.4, 0.5) is 4.39 Å². The Hall–Kier alpha value is -5.35. The smallest absolute Gasteiger partial charge is 0.306 e. The maximum Gasteiger partial charge on any atom is 0.306 e. The number of ether oxygens (including phenoxy) is 2. The Kier molecular flexibility index (Phi) is 12.0. The molecular weight excluding hydrogens is 710 g/mol. The fraction of sp³-hybridized carbons (Fsp3) is 0.391. The number of imide groups is 1. The minimum atomic E-state index is -0.553. The number of nitrogens with zero attached hydrogens (tertiary/aromatic N) is 3. The first-order valence-electron chi connectivity index (χ1n) is 19.8. The highest BCUT2D eigenvalue weighted by molar-refractivity contribution is 6.21. The average Bonchev–Trinajstić information content (AvgIpc) is 3.71. The fourth-order valence-electron chi connectivity index (χ4n) is 7.85. The Balaban J connectivity index is 0.936. The van der Waals surface area contributed by atoms with Crippen molar-refractivity contribution >= 4 is 28.8 Å². The van der Waals surface area contributed by atoms with Gasteiger partial charge in [-0.05, 0) is 131 Å². The third-order valence-corrected chi connectivity index (χ3v) is 10.6. The number of rotatable bonds is 15. The highest BCUT2D eigenvalue weighted by atomic mass is 19.1. The van der Waals surface area contributed by atoms with Gasteiger partial charge >= 0.3 is 5.97 Å². The molecule has 56 heavy (non-hydrogen) atoms. The first-order chi connectivity index (χ1) is 27.0. The molecule has 1 saturated heterocycles. The van der Waals surface area contributed by atoms with Gasteiger partial charge in [-0.2, -0.15) is 0 Å². The van der Waals surface area contributed by atoms with Gasteiger partial charge < -0.3 is 18.9 Å². The summed E-state index contributed by atoms with van der Waals surface area (Å²) in [4.78, 5) is 42.5. The topological polar surface area (TPSA) is 102 Å². The van der Waals surface area contributed by atoms with Crippen molar-refractivity contribution in [3.8, 4) is 5.75 Å². The zero-order chi connectivity index (χ0) is 39.2. The second kappa shape index (κ2) is 17.2. The highest BCUT2D eigenvalue weighted by Crippen LogP contribution is 2.33. The van der Waals surface area contributed by atoms with Gasteiger partial charge in [0.05, 0.1) is 23.4 Å². The number of halogens is 1. The van der Waals surface area contributed by atoms with Crippen molar-refractivity contribution in [3.05, 3.63) is 130 Å². The number of para-hydroxylation sites is 1. The number of benzene rings is 4. The molecule has 0 aliphatic carbocycles. The SMILES string of the molecule is CC(C)(C)OC(=O)CCc1cc(CCc2ccccc2OCCCN2CCC(c3noc4cc(F)ccc34)CC2)cc(CCN2C(=O)c3ccccc3C2=O)c1. The van der Waals surface area contributed by atoms with E-state index in [9.17, 15) is 18.8 Å². The first-order valence-corrected chi connectivity index (χ1v) is 19.8. The largest absolute Gasteiger partial charge is 0.493 e. The van der Waals surface area contributed by atoms with Crippen LogP contribution in [-0.4, -0.2) is 71.1 Å². The van der Waals surface area contributed by atoms with Gasteiger partial charge in [0.25, 0.3) is 11.8 Å². The van der Waals surface area contributed by atoms with E-state index in [1.165, 1.54) is 17.0 Å². The third-order valence-electron chi connectivity index (χ3n) is 10.6. The summed E-state index contributed by atoms with van der Waals surface area (Å²) in [5.41, 5.74) is 6.05. The van der Waals surface area contributed by atoms with Crippen LogP contribution in [0.3, 0.4) is 0 Å². The number of carbonyl (C=O) groups excluding carboxylic acids is 3. The number of fused-ring (bicyclic) bond motifs is 2. The summed E-state index contributed by atoms with van der Waals surface area (Å²) in [6.07, 6.45) is 5.68. The summed E-state index contributed by atoms with van der Waals surface area (Å²) >= 11 is 0. The molecule has 3 heterocycles. The summed E-state index contributed by atoms with van der Waals surface area (Å²) in [5, 5.41) is 5.19. The number of amides is 2. The van der Waals surface area contributed by atoms with Crippen LogP contribution in [0.15, 0.2) is 89.5 Å². The van der Waals surface area contributed by atoms with Gasteiger partial charge in [0, 0.05) is 36.9 Å². The van der Waals surface area contributed by atoms with Crippen LogP contribution in [0.1, 0.15) is 101 Å². The minimum Gasteiger partial charge on any atom is -0.493 e. The summed E-state index contributed by atoms with van der Waals surface area (Å²) in [7, 11) is 0. The molecule has 1 fully saturated rings. The van der Waals surface area contributed by atoms with Crippen LogP contribution in [0, 0.1) is 5.82 Å². The molecule has 0 atom stereocenters. The van der Waals surface area contributed by atoms with Crippen molar-refractivity contribution in [2.24, 2.45) is 0 Å².